The Morgan fingerprint density at radius 1 is 1.12 bits per heavy atom. The first kappa shape index (κ1) is 10.5. The average molecular weight is 230 g/mol. The van der Waals surface area contributed by atoms with Crippen LogP contribution in [0.25, 0.3) is 0 Å². The molecule has 0 aromatic heterocycles. The van der Waals surface area contributed by atoms with Crippen LogP contribution in [0.4, 0.5) is 0 Å². The molecule has 1 aromatic carbocycles. The minimum atomic E-state index is -0.168. The fourth-order valence-electron chi connectivity index (χ4n) is 2.54. The smallest absolute Gasteiger partial charge is 0.234 e. The number of fused-ring (bicyclic) bond motifs is 1. The van der Waals surface area contributed by atoms with Crippen LogP contribution in [0.3, 0.4) is 0 Å². The van der Waals surface area contributed by atoms with Gasteiger partial charge in [0.15, 0.2) is 0 Å². The Morgan fingerprint density at radius 3 is 2.76 bits per heavy atom. The second kappa shape index (κ2) is 3.96. The Morgan fingerprint density at radius 2 is 1.94 bits per heavy atom. The molecule has 1 saturated heterocycles. The summed E-state index contributed by atoms with van der Waals surface area (Å²) in [5, 5.41) is 5.68. The molecule has 0 spiro atoms. The van der Waals surface area contributed by atoms with E-state index in [1.165, 1.54) is 11.1 Å². The Kier molecular flexibility index (Phi) is 2.44. The molecule has 2 amide bonds. The molecule has 3 rings (SSSR count). The van der Waals surface area contributed by atoms with Gasteiger partial charge in [-0.2, -0.15) is 0 Å². The lowest BCUT2D eigenvalue weighted by Gasteiger charge is -2.21. The maximum Gasteiger partial charge on any atom is 0.234 e. The SMILES string of the molecule is O=C1CCC(c2ccc3c(c2)CNC3)C(=O)N1. The Balaban J connectivity index is 1.89. The van der Waals surface area contributed by atoms with E-state index in [4.69, 9.17) is 0 Å². The molecule has 88 valence electrons. The third-order valence-electron chi connectivity index (χ3n) is 3.50. The second-order valence-electron chi connectivity index (χ2n) is 4.64. The fourth-order valence-corrected chi connectivity index (χ4v) is 2.54. The first-order chi connectivity index (χ1) is 8.24. The number of piperidine rings is 1. The van der Waals surface area contributed by atoms with E-state index in [1.807, 2.05) is 6.07 Å². The van der Waals surface area contributed by atoms with Gasteiger partial charge in [-0.25, -0.2) is 0 Å². The van der Waals surface area contributed by atoms with Crippen LogP contribution in [0.1, 0.15) is 35.4 Å². The van der Waals surface area contributed by atoms with Gasteiger partial charge in [0, 0.05) is 19.5 Å². The van der Waals surface area contributed by atoms with Crippen LogP contribution in [-0.2, 0) is 22.7 Å². The second-order valence-corrected chi connectivity index (χ2v) is 4.64. The van der Waals surface area contributed by atoms with Crippen molar-refractivity contribution in [3.63, 3.8) is 0 Å². The molecule has 2 heterocycles. The van der Waals surface area contributed by atoms with Crippen molar-refractivity contribution in [1.29, 1.82) is 0 Å². The highest BCUT2D eigenvalue weighted by Crippen LogP contribution is 2.27. The maximum atomic E-state index is 11.8. The molecule has 0 bridgehead atoms. The Hall–Kier alpha value is -1.68. The zero-order chi connectivity index (χ0) is 11.8. The van der Waals surface area contributed by atoms with Gasteiger partial charge in [-0.15, -0.1) is 0 Å². The van der Waals surface area contributed by atoms with Gasteiger partial charge in [0.1, 0.15) is 0 Å². The number of nitrogens with one attached hydrogen (secondary N) is 2. The van der Waals surface area contributed by atoms with Crippen LogP contribution in [0.5, 0.6) is 0 Å². The Labute approximate surface area is 99.4 Å². The van der Waals surface area contributed by atoms with E-state index in [2.05, 4.69) is 22.8 Å². The van der Waals surface area contributed by atoms with Gasteiger partial charge in [0.25, 0.3) is 0 Å². The third-order valence-corrected chi connectivity index (χ3v) is 3.50. The van der Waals surface area contributed by atoms with Crippen LogP contribution < -0.4 is 10.6 Å². The lowest BCUT2D eigenvalue weighted by molar-refractivity contribution is -0.134. The first-order valence-corrected chi connectivity index (χ1v) is 5.90. The molecule has 2 aliphatic rings. The number of carbonyl (C=O) groups excluding carboxylic acids is 2. The van der Waals surface area contributed by atoms with Gasteiger partial charge in [-0.3, -0.25) is 14.9 Å². The standard InChI is InChI=1S/C13H14N2O2/c16-12-4-3-11(13(17)15-12)8-1-2-9-6-14-7-10(9)5-8/h1-2,5,11,14H,3-4,6-7H2,(H,15,16,17). The molecule has 0 aliphatic carbocycles. The molecule has 1 aromatic rings. The molecule has 2 aliphatic heterocycles. The van der Waals surface area contributed by atoms with Crippen LogP contribution in [-0.4, -0.2) is 11.8 Å². The molecule has 1 unspecified atom stereocenters. The van der Waals surface area contributed by atoms with Crippen molar-refractivity contribution in [2.45, 2.75) is 31.8 Å². The van der Waals surface area contributed by atoms with Crippen molar-refractivity contribution in [3.8, 4) is 0 Å². The van der Waals surface area contributed by atoms with Crippen LogP contribution in [0.15, 0.2) is 18.2 Å². The van der Waals surface area contributed by atoms with E-state index < -0.39 is 0 Å². The van der Waals surface area contributed by atoms with Gasteiger partial charge in [-0.05, 0) is 23.1 Å². The number of imide groups is 1. The largest absolute Gasteiger partial charge is 0.309 e. The summed E-state index contributed by atoms with van der Waals surface area (Å²) in [6, 6.07) is 6.18. The average Bonchev–Trinajstić information content (AvgIpc) is 2.75. The highest BCUT2D eigenvalue weighted by atomic mass is 16.2. The molecular formula is C13H14N2O2. The lowest BCUT2D eigenvalue weighted by Crippen LogP contribution is -2.39. The number of benzene rings is 1. The highest BCUT2D eigenvalue weighted by molar-refractivity contribution is 6.00. The zero-order valence-corrected chi connectivity index (χ0v) is 9.45. The van der Waals surface area contributed by atoms with Gasteiger partial charge in [-0.1, -0.05) is 18.2 Å². The first-order valence-electron chi connectivity index (χ1n) is 5.90. The zero-order valence-electron chi connectivity index (χ0n) is 9.45. The van der Waals surface area contributed by atoms with E-state index in [1.54, 1.807) is 0 Å². The van der Waals surface area contributed by atoms with E-state index in [0.717, 1.165) is 18.7 Å². The minimum absolute atomic E-state index is 0.158. The number of hydrogen-bond acceptors (Lipinski definition) is 3. The monoisotopic (exact) mass is 230 g/mol. The summed E-state index contributed by atoms with van der Waals surface area (Å²) in [6.07, 6.45) is 1.06. The van der Waals surface area contributed by atoms with Gasteiger partial charge < -0.3 is 5.32 Å². The molecular weight excluding hydrogens is 216 g/mol. The van der Waals surface area contributed by atoms with E-state index >= 15 is 0 Å². The molecule has 0 radical (unpaired) electrons. The fraction of sp³-hybridized carbons (Fsp3) is 0.385. The van der Waals surface area contributed by atoms with E-state index in [9.17, 15) is 9.59 Å². The molecule has 4 heteroatoms. The summed E-state index contributed by atoms with van der Waals surface area (Å²) in [6.45, 7) is 1.78. The highest BCUT2D eigenvalue weighted by Gasteiger charge is 2.28. The van der Waals surface area contributed by atoms with E-state index in [0.29, 0.717) is 12.8 Å². The summed E-state index contributed by atoms with van der Waals surface area (Å²) in [5.41, 5.74) is 3.60. The van der Waals surface area contributed by atoms with Crippen molar-refractivity contribution < 1.29 is 9.59 Å². The van der Waals surface area contributed by atoms with Crippen LogP contribution in [0, 0.1) is 0 Å². The van der Waals surface area contributed by atoms with Crippen molar-refractivity contribution in [3.05, 3.63) is 34.9 Å². The van der Waals surface area contributed by atoms with Crippen molar-refractivity contribution in [2.75, 3.05) is 0 Å². The predicted octanol–water partition coefficient (Wildman–Crippen LogP) is 0.810. The van der Waals surface area contributed by atoms with Crippen LogP contribution >= 0.6 is 0 Å². The minimum Gasteiger partial charge on any atom is -0.309 e. The third kappa shape index (κ3) is 1.85. The van der Waals surface area contributed by atoms with Crippen molar-refractivity contribution in [1.82, 2.24) is 10.6 Å². The summed E-state index contributed by atoms with van der Waals surface area (Å²) in [4.78, 5) is 22.9. The molecule has 0 saturated carbocycles. The summed E-state index contributed by atoms with van der Waals surface area (Å²) >= 11 is 0. The lowest BCUT2D eigenvalue weighted by atomic mass is 9.89. The molecule has 1 fully saturated rings. The van der Waals surface area contributed by atoms with Gasteiger partial charge in [0.2, 0.25) is 11.8 Å². The Bertz CT molecular complexity index is 496. The molecule has 1 atom stereocenters. The van der Waals surface area contributed by atoms with Crippen LogP contribution in [0.2, 0.25) is 0 Å². The topological polar surface area (TPSA) is 58.2 Å². The number of hydrogen-bond donors (Lipinski definition) is 2. The summed E-state index contributed by atoms with van der Waals surface area (Å²) in [5.74, 6) is -0.486. The molecule has 4 nitrogen and oxygen atoms in total. The quantitative estimate of drug-likeness (QED) is 0.702. The summed E-state index contributed by atoms with van der Waals surface area (Å²) in [7, 11) is 0. The van der Waals surface area contributed by atoms with Crippen molar-refractivity contribution in [2.24, 2.45) is 0 Å². The number of amides is 2. The van der Waals surface area contributed by atoms with Gasteiger partial charge in [0.05, 0.1) is 5.92 Å². The number of carbonyl (C=O) groups is 2. The van der Waals surface area contributed by atoms with Crippen molar-refractivity contribution >= 4 is 11.8 Å². The molecule has 2 N–H and O–H groups in total. The number of rotatable bonds is 1. The van der Waals surface area contributed by atoms with E-state index in [-0.39, 0.29) is 17.7 Å². The molecule has 17 heavy (non-hydrogen) atoms. The normalized spacial score (nSPS) is 23.4. The van der Waals surface area contributed by atoms with Gasteiger partial charge >= 0.3 is 0 Å². The summed E-state index contributed by atoms with van der Waals surface area (Å²) < 4.78 is 0. The maximum absolute atomic E-state index is 11.8. The predicted molar refractivity (Wildman–Crippen MR) is 62.1 cm³/mol.